The quantitative estimate of drug-likeness (QED) is 0.907. The molecule has 4 heteroatoms. The van der Waals surface area contributed by atoms with Crippen LogP contribution in [0.25, 0.3) is 11.1 Å². The van der Waals surface area contributed by atoms with Crippen LogP contribution in [-0.4, -0.2) is 18.1 Å². The third kappa shape index (κ3) is 3.54. The van der Waals surface area contributed by atoms with Crippen molar-refractivity contribution < 1.29 is 9.13 Å². The van der Waals surface area contributed by atoms with E-state index in [1.807, 2.05) is 12.1 Å². The van der Waals surface area contributed by atoms with Crippen LogP contribution in [0.1, 0.15) is 19.4 Å². The van der Waals surface area contributed by atoms with E-state index in [1.165, 1.54) is 6.07 Å². The maximum absolute atomic E-state index is 13.5. The van der Waals surface area contributed by atoms with Gasteiger partial charge in [-0.3, -0.25) is 0 Å². The molecule has 1 heterocycles. The molecule has 0 aliphatic heterocycles. The molecule has 106 valence electrons. The van der Waals surface area contributed by atoms with E-state index in [0.717, 1.165) is 16.7 Å². The third-order valence-corrected chi connectivity index (χ3v) is 3.02. The fourth-order valence-corrected chi connectivity index (χ4v) is 1.99. The van der Waals surface area contributed by atoms with Gasteiger partial charge >= 0.3 is 0 Å². The van der Waals surface area contributed by atoms with Crippen LogP contribution in [0.15, 0.2) is 36.5 Å². The minimum atomic E-state index is -0.227. The van der Waals surface area contributed by atoms with Gasteiger partial charge in [-0.25, -0.2) is 9.37 Å². The summed E-state index contributed by atoms with van der Waals surface area (Å²) >= 11 is 0. The molecule has 0 aliphatic rings. The predicted octanol–water partition coefficient (Wildman–Crippen LogP) is 3.39. The van der Waals surface area contributed by atoms with Crippen LogP contribution < -0.4 is 10.1 Å². The summed E-state index contributed by atoms with van der Waals surface area (Å²) in [6.45, 7) is 4.75. The zero-order valence-corrected chi connectivity index (χ0v) is 12.0. The Hall–Kier alpha value is -1.94. The normalized spacial score (nSPS) is 10.8. The van der Waals surface area contributed by atoms with Crippen molar-refractivity contribution in [2.24, 2.45) is 0 Å². The molecule has 0 aliphatic carbocycles. The topological polar surface area (TPSA) is 34.1 Å². The highest BCUT2D eigenvalue weighted by molar-refractivity contribution is 5.68. The van der Waals surface area contributed by atoms with Gasteiger partial charge in [-0.05, 0) is 34.9 Å². The van der Waals surface area contributed by atoms with Crippen LogP contribution in [0.4, 0.5) is 4.39 Å². The van der Waals surface area contributed by atoms with Crippen LogP contribution in [0.2, 0.25) is 0 Å². The van der Waals surface area contributed by atoms with E-state index < -0.39 is 0 Å². The van der Waals surface area contributed by atoms with Gasteiger partial charge in [0.1, 0.15) is 5.82 Å². The van der Waals surface area contributed by atoms with Crippen LogP contribution >= 0.6 is 0 Å². The molecule has 1 aromatic carbocycles. The van der Waals surface area contributed by atoms with E-state index in [9.17, 15) is 4.39 Å². The summed E-state index contributed by atoms with van der Waals surface area (Å²) in [7, 11) is 1.58. The molecular formula is C16H19FN2O. The van der Waals surface area contributed by atoms with E-state index in [2.05, 4.69) is 24.1 Å². The number of hydrogen-bond acceptors (Lipinski definition) is 3. The van der Waals surface area contributed by atoms with Crippen molar-refractivity contribution in [2.75, 3.05) is 7.11 Å². The lowest BCUT2D eigenvalue weighted by molar-refractivity contribution is 0.398. The molecule has 20 heavy (non-hydrogen) atoms. The summed E-state index contributed by atoms with van der Waals surface area (Å²) in [5.41, 5.74) is 2.88. The maximum Gasteiger partial charge on any atom is 0.213 e. The summed E-state index contributed by atoms with van der Waals surface area (Å²) in [4.78, 5) is 4.09. The predicted molar refractivity (Wildman–Crippen MR) is 78.2 cm³/mol. The first-order chi connectivity index (χ1) is 9.60. The van der Waals surface area contributed by atoms with E-state index in [-0.39, 0.29) is 5.82 Å². The molecular weight excluding hydrogens is 255 g/mol. The van der Waals surface area contributed by atoms with Gasteiger partial charge in [-0.15, -0.1) is 0 Å². The summed E-state index contributed by atoms with van der Waals surface area (Å²) in [6.07, 6.45) is 1.69. The molecule has 0 amide bonds. The Morgan fingerprint density at radius 3 is 2.75 bits per heavy atom. The minimum absolute atomic E-state index is 0.227. The number of benzene rings is 1. The monoisotopic (exact) mass is 274 g/mol. The van der Waals surface area contributed by atoms with Gasteiger partial charge in [0, 0.05) is 24.8 Å². The number of nitrogens with zero attached hydrogens (tertiary/aromatic N) is 1. The Balaban J connectivity index is 2.38. The molecule has 2 rings (SSSR count). The lowest BCUT2D eigenvalue weighted by Gasteiger charge is -2.13. The number of ether oxygens (including phenoxy) is 1. The largest absolute Gasteiger partial charge is 0.481 e. The second-order valence-electron chi connectivity index (χ2n) is 4.92. The molecule has 0 saturated carbocycles. The number of pyridine rings is 1. The van der Waals surface area contributed by atoms with Gasteiger partial charge < -0.3 is 10.1 Å². The molecule has 1 N–H and O–H groups in total. The smallest absolute Gasteiger partial charge is 0.213 e. The molecule has 0 fully saturated rings. The zero-order valence-electron chi connectivity index (χ0n) is 12.0. The standard InChI is InChI=1S/C16H19FN2O/c1-11(2)19-10-13-8-14(17)4-5-15(13)12-6-7-18-16(9-12)20-3/h4-9,11,19H,10H2,1-3H3. The number of aromatic nitrogens is 1. The molecule has 0 spiro atoms. The zero-order chi connectivity index (χ0) is 14.5. The molecule has 0 radical (unpaired) electrons. The molecule has 2 aromatic rings. The second kappa shape index (κ2) is 6.48. The summed E-state index contributed by atoms with van der Waals surface area (Å²) in [5, 5.41) is 3.31. The number of halogens is 1. The van der Waals surface area contributed by atoms with Crippen molar-refractivity contribution in [2.45, 2.75) is 26.4 Å². The Morgan fingerprint density at radius 1 is 1.25 bits per heavy atom. The Labute approximate surface area is 118 Å². The molecule has 0 saturated heterocycles. The minimum Gasteiger partial charge on any atom is -0.481 e. The number of rotatable bonds is 5. The Kier molecular flexibility index (Phi) is 4.69. The SMILES string of the molecule is COc1cc(-c2ccc(F)cc2CNC(C)C)ccn1. The first kappa shape index (κ1) is 14.5. The van der Waals surface area contributed by atoms with E-state index in [4.69, 9.17) is 4.74 Å². The fraction of sp³-hybridized carbons (Fsp3) is 0.312. The van der Waals surface area contributed by atoms with Crippen LogP contribution in [0, 0.1) is 5.82 Å². The Bertz CT molecular complexity index is 584. The lowest BCUT2D eigenvalue weighted by Crippen LogP contribution is -2.22. The van der Waals surface area contributed by atoms with Crippen LogP contribution in [-0.2, 0) is 6.54 Å². The van der Waals surface area contributed by atoms with Gasteiger partial charge in [0.25, 0.3) is 0 Å². The number of hydrogen-bond donors (Lipinski definition) is 1. The van der Waals surface area contributed by atoms with Crippen molar-refractivity contribution in [1.29, 1.82) is 0 Å². The van der Waals surface area contributed by atoms with Crippen molar-refractivity contribution in [1.82, 2.24) is 10.3 Å². The second-order valence-corrected chi connectivity index (χ2v) is 4.92. The highest BCUT2D eigenvalue weighted by atomic mass is 19.1. The number of nitrogens with one attached hydrogen (secondary N) is 1. The van der Waals surface area contributed by atoms with Crippen LogP contribution in [0.3, 0.4) is 0 Å². The maximum atomic E-state index is 13.5. The molecule has 1 aromatic heterocycles. The molecule has 0 bridgehead atoms. The molecule has 0 unspecified atom stereocenters. The van der Waals surface area contributed by atoms with Crippen molar-refractivity contribution in [3.63, 3.8) is 0 Å². The summed E-state index contributed by atoms with van der Waals surface area (Å²) < 4.78 is 18.6. The fourth-order valence-electron chi connectivity index (χ4n) is 1.99. The number of methoxy groups -OCH3 is 1. The van der Waals surface area contributed by atoms with E-state index >= 15 is 0 Å². The first-order valence-corrected chi connectivity index (χ1v) is 6.62. The van der Waals surface area contributed by atoms with Gasteiger partial charge in [-0.2, -0.15) is 0 Å². The van der Waals surface area contributed by atoms with Crippen molar-refractivity contribution in [3.05, 3.63) is 47.9 Å². The average Bonchev–Trinajstić information content (AvgIpc) is 2.45. The lowest BCUT2D eigenvalue weighted by atomic mass is 10.00. The van der Waals surface area contributed by atoms with Crippen molar-refractivity contribution >= 4 is 0 Å². The average molecular weight is 274 g/mol. The van der Waals surface area contributed by atoms with Gasteiger partial charge in [-0.1, -0.05) is 19.9 Å². The first-order valence-electron chi connectivity index (χ1n) is 6.62. The molecule has 3 nitrogen and oxygen atoms in total. The highest BCUT2D eigenvalue weighted by Crippen LogP contribution is 2.26. The van der Waals surface area contributed by atoms with Gasteiger partial charge in [0.15, 0.2) is 0 Å². The van der Waals surface area contributed by atoms with E-state index in [1.54, 1.807) is 25.4 Å². The Morgan fingerprint density at radius 2 is 2.05 bits per heavy atom. The van der Waals surface area contributed by atoms with Gasteiger partial charge in [0.05, 0.1) is 7.11 Å². The van der Waals surface area contributed by atoms with Gasteiger partial charge in [0.2, 0.25) is 5.88 Å². The highest BCUT2D eigenvalue weighted by Gasteiger charge is 2.08. The summed E-state index contributed by atoms with van der Waals surface area (Å²) in [5.74, 6) is 0.324. The van der Waals surface area contributed by atoms with E-state index in [0.29, 0.717) is 18.5 Å². The summed E-state index contributed by atoms with van der Waals surface area (Å²) in [6, 6.07) is 8.93. The van der Waals surface area contributed by atoms with Crippen LogP contribution in [0.5, 0.6) is 5.88 Å². The third-order valence-electron chi connectivity index (χ3n) is 3.02. The van der Waals surface area contributed by atoms with Crippen molar-refractivity contribution in [3.8, 4) is 17.0 Å². The molecule has 0 atom stereocenters.